The maximum atomic E-state index is 15.7. The molecule has 276 valence electrons. The average Bonchev–Trinajstić information content (AvgIpc) is 3.65. The second kappa shape index (κ2) is 11.5. The number of carbonyl (C=O) groups is 3. The van der Waals surface area contributed by atoms with Gasteiger partial charge in [-0.25, -0.2) is 26.7 Å². The van der Waals surface area contributed by atoms with Gasteiger partial charge < -0.3 is 15.0 Å². The second-order valence-corrected chi connectivity index (χ2v) is 14.2. The number of fused-ring (bicyclic) bond motifs is 2. The van der Waals surface area contributed by atoms with E-state index in [1.165, 1.54) is 24.4 Å². The van der Waals surface area contributed by atoms with Crippen LogP contribution in [0.2, 0.25) is 0 Å². The van der Waals surface area contributed by atoms with Crippen LogP contribution in [0.15, 0.2) is 54.9 Å². The Labute approximate surface area is 290 Å². The first-order chi connectivity index (χ1) is 24.4. The normalized spacial score (nSPS) is 25.0. The molecule has 2 aliphatic carbocycles. The molecule has 8 rings (SSSR count). The molecule has 52 heavy (non-hydrogen) atoms. The SMILES string of the molecule is O=C1N[C@]2(CC(F)(F)c3cc(-c4cnn(C5CN(C6COC6)C5)c4)ccc32)C(=O)N1CC(=O)N(Cc1ccc(F)cc1)C1(C(F)(F)F)CC(F)(F)C1. The Hall–Kier alpha value is -4.58. The van der Waals surface area contributed by atoms with Crippen LogP contribution in [0.4, 0.5) is 39.9 Å². The maximum Gasteiger partial charge on any atom is 0.412 e. The molecule has 4 amide bonds. The zero-order valence-electron chi connectivity index (χ0n) is 27.1. The number of hydrogen-bond donors (Lipinski definition) is 1. The fraction of sp³-hybridized carbons (Fsp3) is 0.471. The van der Waals surface area contributed by atoms with Gasteiger partial charge in [-0.05, 0) is 34.9 Å². The number of ether oxygens (including phenoxy) is 1. The lowest BCUT2D eigenvalue weighted by atomic mass is 9.71. The van der Waals surface area contributed by atoms with Crippen molar-refractivity contribution in [1.82, 2.24) is 29.8 Å². The van der Waals surface area contributed by atoms with Crippen LogP contribution >= 0.6 is 0 Å². The van der Waals surface area contributed by atoms with Gasteiger partial charge in [0.1, 0.15) is 17.9 Å². The summed E-state index contributed by atoms with van der Waals surface area (Å²) in [6.07, 6.45) is -6.91. The van der Waals surface area contributed by atoms with Crippen molar-refractivity contribution in [3.63, 3.8) is 0 Å². The van der Waals surface area contributed by atoms with Gasteiger partial charge in [0.15, 0.2) is 5.54 Å². The Bertz CT molecular complexity index is 1950. The van der Waals surface area contributed by atoms with E-state index in [2.05, 4.69) is 15.3 Å². The molecule has 0 radical (unpaired) electrons. The Morgan fingerprint density at radius 1 is 0.942 bits per heavy atom. The number of hydrogen-bond acceptors (Lipinski definition) is 6. The first kappa shape index (κ1) is 34.5. The van der Waals surface area contributed by atoms with E-state index in [1.54, 1.807) is 10.9 Å². The number of rotatable bonds is 8. The van der Waals surface area contributed by atoms with E-state index >= 15 is 8.78 Å². The molecular formula is C34H30F8N6O4. The number of halogens is 8. The van der Waals surface area contributed by atoms with Gasteiger partial charge in [-0.3, -0.25) is 24.1 Å². The molecule has 4 heterocycles. The van der Waals surface area contributed by atoms with E-state index in [9.17, 15) is 40.7 Å². The third-order valence-electron chi connectivity index (χ3n) is 10.9. The summed E-state index contributed by atoms with van der Waals surface area (Å²) in [6, 6.07) is 6.97. The summed E-state index contributed by atoms with van der Waals surface area (Å²) in [5.74, 6) is -11.0. The number of carbonyl (C=O) groups excluding carboxylic acids is 3. The van der Waals surface area contributed by atoms with Crippen molar-refractivity contribution in [3.8, 4) is 11.1 Å². The molecular weight excluding hydrogens is 708 g/mol. The zero-order chi connectivity index (χ0) is 37.0. The number of urea groups is 1. The summed E-state index contributed by atoms with van der Waals surface area (Å²) in [7, 11) is 0. The van der Waals surface area contributed by atoms with Crippen molar-refractivity contribution in [2.45, 2.75) is 67.0 Å². The van der Waals surface area contributed by atoms with E-state index in [0.717, 1.165) is 37.4 Å². The van der Waals surface area contributed by atoms with Crippen LogP contribution in [0.3, 0.4) is 0 Å². The molecule has 1 atom stereocenters. The van der Waals surface area contributed by atoms with Gasteiger partial charge >= 0.3 is 12.2 Å². The third kappa shape index (κ3) is 5.35. The van der Waals surface area contributed by atoms with E-state index in [1.807, 2.05) is 0 Å². The fourth-order valence-electron chi connectivity index (χ4n) is 7.89. The number of benzene rings is 2. The van der Waals surface area contributed by atoms with Crippen LogP contribution in [0.25, 0.3) is 11.1 Å². The smallest absolute Gasteiger partial charge is 0.378 e. The molecule has 3 saturated heterocycles. The van der Waals surface area contributed by atoms with Crippen molar-refractivity contribution in [1.29, 1.82) is 0 Å². The maximum absolute atomic E-state index is 15.7. The molecule has 1 aromatic heterocycles. The number of likely N-dealkylation sites (tertiary alicyclic amines) is 1. The van der Waals surface area contributed by atoms with Crippen LogP contribution in [0.1, 0.15) is 42.0 Å². The van der Waals surface area contributed by atoms with Crippen LogP contribution < -0.4 is 5.32 Å². The molecule has 4 fully saturated rings. The lowest BCUT2D eigenvalue weighted by Crippen LogP contribution is -2.71. The number of alkyl halides is 7. The third-order valence-corrected chi connectivity index (χ3v) is 10.9. The highest BCUT2D eigenvalue weighted by molar-refractivity contribution is 6.10. The summed E-state index contributed by atoms with van der Waals surface area (Å²) in [5.41, 5.74) is -5.71. The minimum Gasteiger partial charge on any atom is -0.378 e. The Morgan fingerprint density at radius 2 is 1.63 bits per heavy atom. The standard InChI is InChI=1S/C34H30F8N6O4/c35-22-4-1-19(2-5-22)9-47(30(34(40,41)42)16-31(36,37)17-30)27(49)13-46-28(50)32(44-29(46)51)18-33(38,39)26-7-20(3-6-25(26)32)21-8-43-48(10-21)23-11-45(12-23)24-14-52-15-24/h1-8,10,23-24H,9,11-18H2,(H,44,51)/t32-/m0/s1. The highest BCUT2D eigenvalue weighted by Gasteiger charge is 2.73. The summed E-state index contributed by atoms with van der Waals surface area (Å²) >= 11 is 0. The van der Waals surface area contributed by atoms with E-state index in [4.69, 9.17) is 4.74 Å². The predicted molar refractivity (Wildman–Crippen MR) is 163 cm³/mol. The van der Waals surface area contributed by atoms with Gasteiger partial charge in [-0.1, -0.05) is 24.3 Å². The molecule has 18 heteroatoms. The Morgan fingerprint density at radius 3 is 2.25 bits per heavy atom. The lowest BCUT2D eigenvalue weighted by Gasteiger charge is -2.54. The molecule has 2 aromatic carbocycles. The summed E-state index contributed by atoms with van der Waals surface area (Å²) < 4.78 is 124. The monoisotopic (exact) mass is 738 g/mol. The summed E-state index contributed by atoms with van der Waals surface area (Å²) in [6.45, 7) is 0.590. The number of nitrogens with zero attached hydrogens (tertiary/aromatic N) is 5. The predicted octanol–water partition coefficient (Wildman–Crippen LogP) is 4.95. The van der Waals surface area contributed by atoms with E-state index in [-0.39, 0.29) is 27.0 Å². The largest absolute Gasteiger partial charge is 0.412 e. The molecule has 1 spiro atoms. The van der Waals surface area contributed by atoms with Gasteiger partial charge in [0.25, 0.3) is 17.8 Å². The molecule has 5 aliphatic rings. The molecule has 1 saturated carbocycles. The second-order valence-electron chi connectivity index (χ2n) is 14.2. The van der Waals surface area contributed by atoms with Crippen molar-refractivity contribution in [2.75, 3.05) is 32.8 Å². The van der Waals surface area contributed by atoms with E-state index < -0.39 is 90.7 Å². The minimum atomic E-state index is -5.37. The van der Waals surface area contributed by atoms with Gasteiger partial charge in [0.05, 0.1) is 37.9 Å². The van der Waals surface area contributed by atoms with Gasteiger partial charge in [-0.15, -0.1) is 0 Å². The van der Waals surface area contributed by atoms with Crippen molar-refractivity contribution in [2.24, 2.45) is 0 Å². The van der Waals surface area contributed by atoms with Crippen LogP contribution in [-0.2, 0) is 32.3 Å². The average molecular weight is 739 g/mol. The molecule has 0 bridgehead atoms. The van der Waals surface area contributed by atoms with Crippen molar-refractivity contribution in [3.05, 3.63) is 77.4 Å². The lowest BCUT2D eigenvalue weighted by molar-refractivity contribution is -0.307. The highest BCUT2D eigenvalue weighted by Crippen LogP contribution is 2.58. The first-order valence-corrected chi connectivity index (χ1v) is 16.4. The number of aromatic nitrogens is 2. The Balaban J connectivity index is 1.05. The van der Waals surface area contributed by atoms with Crippen molar-refractivity contribution >= 4 is 17.8 Å². The highest BCUT2D eigenvalue weighted by atomic mass is 19.4. The van der Waals surface area contributed by atoms with Gasteiger partial charge in [-0.2, -0.15) is 18.3 Å². The molecule has 10 nitrogen and oxygen atoms in total. The fourth-order valence-corrected chi connectivity index (χ4v) is 7.89. The minimum absolute atomic E-state index is 0.0496. The molecule has 3 aromatic rings. The zero-order valence-corrected chi connectivity index (χ0v) is 27.1. The molecule has 0 unspecified atom stereocenters. The topological polar surface area (TPSA) is 100 Å². The summed E-state index contributed by atoms with van der Waals surface area (Å²) in [5, 5.41) is 6.64. The van der Waals surface area contributed by atoms with Crippen molar-refractivity contribution < 1.29 is 54.2 Å². The van der Waals surface area contributed by atoms with Crippen LogP contribution in [0.5, 0.6) is 0 Å². The van der Waals surface area contributed by atoms with Gasteiger partial charge in [0, 0.05) is 49.8 Å². The molecule has 1 N–H and O–H groups in total. The quantitative estimate of drug-likeness (QED) is 0.260. The van der Waals surface area contributed by atoms with Crippen LogP contribution in [-0.4, -0.2) is 98.9 Å². The molecule has 3 aliphatic heterocycles. The van der Waals surface area contributed by atoms with E-state index in [0.29, 0.717) is 30.4 Å². The number of nitrogens with one attached hydrogen (secondary N) is 1. The number of amides is 4. The number of imide groups is 1. The summed E-state index contributed by atoms with van der Waals surface area (Å²) in [4.78, 5) is 43.3. The van der Waals surface area contributed by atoms with Crippen LogP contribution in [0, 0.1) is 5.82 Å². The van der Waals surface area contributed by atoms with Gasteiger partial charge in [0.2, 0.25) is 5.91 Å². The Kier molecular flexibility index (Phi) is 7.60. The first-order valence-electron chi connectivity index (χ1n) is 16.4.